The number of hydrogen-bond donors (Lipinski definition) is 1. The Hall–Kier alpha value is -2.31. The number of carbonyl (C=O) groups excluding carboxylic acids is 1. The van der Waals surface area contributed by atoms with Crippen molar-refractivity contribution in [2.24, 2.45) is 0 Å². The fourth-order valence-corrected chi connectivity index (χ4v) is 4.48. The molecule has 0 saturated heterocycles. The third-order valence-electron chi connectivity index (χ3n) is 4.16. The molecular formula is C19H13Cl2N3OS. The van der Waals surface area contributed by atoms with Crippen LogP contribution in [0.3, 0.4) is 0 Å². The fourth-order valence-electron chi connectivity index (χ4n) is 2.88. The van der Waals surface area contributed by atoms with E-state index in [0.717, 1.165) is 36.1 Å². The number of carbonyl (C=O) groups is 1. The Bertz CT molecular complexity index is 995. The lowest BCUT2D eigenvalue weighted by Gasteiger charge is -2.09. The summed E-state index contributed by atoms with van der Waals surface area (Å²) in [6.07, 6.45) is 5.29. The summed E-state index contributed by atoms with van der Waals surface area (Å²) in [5, 5.41) is 22.7. The Morgan fingerprint density at radius 3 is 2.73 bits per heavy atom. The number of anilines is 1. The molecule has 26 heavy (non-hydrogen) atoms. The van der Waals surface area contributed by atoms with Gasteiger partial charge in [-0.1, -0.05) is 35.3 Å². The Kier molecular flexibility index (Phi) is 5.64. The quantitative estimate of drug-likeness (QED) is 0.555. The maximum atomic E-state index is 12.5. The maximum absolute atomic E-state index is 12.5. The molecule has 0 radical (unpaired) electrons. The van der Waals surface area contributed by atoms with Gasteiger partial charge >= 0.3 is 0 Å². The number of thiophene rings is 1. The van der Waals surface area contributed by atoms with Gasteiger partial charge in [-0.2, -0.15) is 10.5 Å². The predicted molar refractivity (Wildman–Crippen MR) is 104 cm³/mol. The summed E-state index contributed by atoms with van der Waals surface area (Å²) in [5.74, 6) is -0.571. The van der Waals surface area contributed by atoms with Crippen LogP contribution in [-0.2, 0) is 17.6 Å². The zero-order valence-electron chi connectivity index (χ0n) is 13.6. The second-order valence-electron chi connectivity index (χ2n) is 5.79. The first-order valence-electron chi connectivity index (χ1n) is 7.97. The molecule has 0 fully saturated rings. The molecule has 0 bridgehead atoms. The average Bonchev–Trinajstić information content (AvgIpc) is 2.99. The molecule has 130 valence electrons. The lowest BCUT2D eigenvalue weighted by molar-refractivity contribution is -0.112. The lowest BCUT2D eigenvalue weighted by Crippen LogP contribution is -2.13. The van der Waals surface area contributed by atoms with Crippen LogP contribution in [0.4, 0.5) is 5.00 Å². The number of hydrogen-bond acceptors (Lipinski definition) is 4. The van der Waals surface area contributed by atoms with Crippen molar-refractivity contribution >= 4 is 51.5 Å². The molecule has 4 nitrogen and oxygen atoms in total. The predicted octanol–water partition coefficient (Wildman–Crippen LogP) is 5.35. The third kappa shape index (κ3) is 3.61. The van der Waals surface area contributed by atoms with Gasteiger partial charge in [-0.15, -0.1) is 11.3 Å². The van der Waals surface area contributed by atoms with Crippen molar-refractivity contribution in [2.75, 3.05) is 5.32 Å². The molecule has 0 spiro atoms. The number of nitrogens with one attached hydrogen (secondary N) is 1. The SMILES string of the molecule is N#C/C(=C\c1cccc(Cl)c1Cl)C(=O)Nc1sc2c(c1C#N)CCCC2. The van der Waals surface area contributed by atoms with E-state index in [1.807, 2.05) is 6.07 Å². The van der Waals surface area contributed by atoms with Crippen LogP contribution < -0.4 is 5.32 Å². The van der Waals surface area contributed by atoms with Gasteiger partial charge in [-0.25, -0.2) is 0 Å². The Labute approximate surface area is 165 Å². The van der Waals surface area contributed by atoms with Gasteiger partial charge in [0.1, 0.15) is 22.7 Å². The minimum absolute atomic E-state index is 0.107. The van der Waals surface area contributed by atoms with Gasteiger partial charge in [0, 0.05) is 4.88 Å². The second kappa shape index (κ2) is 7.93. The zero-order valence-corrected chi connectivity index (χ0v) is 15.9. The van der Waals surface area contributed by atoms with Gasteiger partial charge in [0.05, 0.1) is 15.6 Å². The average molecular weight is 402 g/mol. The van der Waals surface area contributed by atoms with E-state index in [1.54, 1.807) is 18.2 Å². The first-order chi connectivity index (χ1) is 12.5. The van der Waals surface area contributed by atoms with Crippen LogP contribution in [0.15, 0.2) is 23.8 Å². The standard InChI is InChI=1S/C19H13Cl2N3OS/c20-15-6-3-4-11(17(15)21)8-12(9-22)18(25)24-19-14(10-23)13-5-1-2-7-16(13)26-19/h3-4,6,8H,1-2,5,7H2,(H,24,25)/b12-8+. The molecule has 1 aromatic heterocycles. The largest absolute Gasteiger partial charge is 0.312 e. The minimum Gasteiger partial charge on any atom is -0.312 e. The van der Waals surface area contributed by atoms with E-state index in [-0.39, 0.29) is 10.6 Å². The zero-order chi connectivity index (χ0) is 18.7. The Morgan fingerprint density at radius 2 is 2.00 bits per heavy atom. The van der Waals surface area contributed by atoms with Gasteiger partial charge in [-0.05, 0) is 49.0 Å². The van der Waals surface area contributed by atoms with E-state index < -0.39 is 5.91 Å². The highest BCUT2D eigenvalue weighted by Crippen LogP contribution is 2.37. The number of fused-ring (bicyclic) bond motifs is 1. The van der Waals surface area contributed by atoms with E-state index in [4.69, 9.17) is 23.2 Å². The van der Waals surface area contributed by atoms with Crippen molar-refractivity contribution in [3.8, 4) is 12.1 Å². The van der Waals surface area contributed by atoms with Crippen molar-refractivity contribution in [2.45, 2.75) is 25.7 Å². The van der Waals surface area contributed by atoms with Gasteiger partial charge in [0.2, 0.25) is 0 Å². The highest BCUT2D eigenvalue weighted by atomic mass is 35.5. The highest BCUT2D eigenvalue weighted by Gasteiger charge is 2.22. The molecule has 0 atom stereocenters. The topological polar surface area (TPSA) is 76.7 Å². The molecule has 1 aliphatic carbocycles. The molecule has 3 rings (SSSR count). The molecule has 2 aromatic rings. The van der Waals surface area contributed by atoms with Crippen LogP contribution >= 0.6 is 34.5 Å². The monoisotopic (exact) mass is 401 g/mol. The number of benzene rings is 1. The minimum atomic E-state index is -0.571. The molecule has 0 saturated carbocycles. The normalized spacial score (nSPS) is 13.5. The number of amides is 1. The molecule has 1 aliphatic rings. The molecular weight excluding hydrogens is 389 g/mol. The van der Waals surface area contributed by atoms with Gasteiger partial charge in [-0.3, -0.25) is 4.79 Å². The highest BCUT2D eigenvalue weighted by molar-refractivity contribution is 7.16. The molecule has 0 unspecified atom stereocenters. The smallest absolute Gasteiger partial charge is 0.266 e. The van der Waals surface area contributed by atoms with E-state index in [2.05, 4.69) is 11.4 Å². The molecule has 1 aromatic carbocycles. The number of halogens is 2. The van der Waals surface area contributed by atoms with Gasteiger partial charge in [0.15, 0.2) is 0 Å². The number of rotatable bonds is 3. The van der Waals surface area contributed by atoms with Gasteiger partial charge in [0.25, 0.3) is 5.91 Å². The van der Waals surface area contributed by atoms with E-state index >= 15 is 0 Å². The summed E-state index contributed by atoms with van der Waals surface area (Å²) in [4.78, 5) is 13.7. The van der Waals surface area contributed by atoms with Crippen molar-refractivity contribution in [3.63, 3.8) is 0 Å². The maximum Gasteiger partial charge on any atom is 0.266 e. The summed E-state index contributed by atoms with van der Waals surface area (Å²) in [6, 6.07) is 9.06. The van der Waals surface area contributed by atoms with Crippen molar-refractivity contribution in [3.05, 3.63) is 55.4 Å². The number of nitrogens with zero attached hydrogens (tertiary/aromatic N) is 2. The molecule has 7 heteroatoms. The van der Waals surface area contributed by atoms with Gasteiger partial charge < -0.3 is 5.32 Å². The Morgan fingerprint density at radius 1 is 1.23 bits per heavy atom. The first kappa shape index (κ1) is 18.5. The molecule has 1 amide bonds. The van der Waals surface area contributed by atoms with Crippen LogP contribution in [0.2, 0.25) is 10.0 Å². The Balaban J connectivity index is 1.91. The van der Waals surface area contributed by atoms with Crippen molar-refractivity contribution in [1.82, 2.24) is 0 Å². The number of aryl methyl sites for hydroxylation is 1. The molecule has 1 heterocycles. The van der Waals surface area contributed by atoms with Crippen molar-refractivity contribution < 1.29 is 4.79 Å². The lowest BCUT2D eigenvalue weighted by atomic mass is 9.96. The first-order valence-corrected chi connectivity index (χ1v) is 9.54. The van der Waals surface area contributed by atoms with Crippen LogP contribution in [0.1, 0.15) is 34.4 Å². The van der Waals surface area contributed by atoms with Crippen LogP contribution in [-0.4, -0.2) is 5.91 Å². The van der Waals surface area contributed by atoms with E-state index in [0.29, 0.717) is 21.2 Å². The number of nitriles is 2. The van der Waals surface area contributed by atoms with Crippen LogP contribution in [0, 0.1) is 22.7 Å². The molecule has 0 aliphatic heterocycles. The van der Waals surface area contributed by atoms with Crippen LogP contribution in [0.25, 0.3) is 6.08 Å². The second-order valence-corrected chi connectivity index (χ2v) is 7.68. The summed E-state index contributed by atoms with van der Waals surface area (Å²) in [5.41, 5.74) is 1.91. The fraction of sp³-hybridized carbons (Fsp3) is 0.211. The summed E-state index contributed by atoms with van der Waals surface area (Å²) < 4.78 is 0. The molecule has 1 N–H and O–H groups in total. The van der Waals surface area contributed by atoms with Crippen LogP contribution in [0.5, 0.6) is 0 Å². The van der Waals surface area contributed by atoms with E-state index in [1.165, 1.54) is 17.4 Å². The third-order valence-corrected chi connectivity index (χ3v) is 6.20. The summed E-state index contributed by atoms with van der Waals surface area (Å²) in [6.45, 7) is 0. The van der Waals surface area contributed by atoms with E-state index in [9.17, 15) is 15.3 Å². The van der Waals surface area contributed by atoms with Crippen molar-refractivity contribution in [1.29, 1.82) is 10.5 Å². The summed E-state index contributed by atoms with van der Waals surface area (Å²) >= 11 is 13.5. The summed E-state index contributed by atoms with van der Waals surface area (Å²) in [7, 11) is 0.